The van der Waals surface area contributed by atoms with E-state index >= 15 is 0 Å². The van der Waals surface area contributed by atoms with E-state index in [0.29, 0.717) is 0 Å². The Bertz CT molecular complexity index is 556. The monoisotopic (exact) mass is 251 g/mol. The highest BCUT2D eigenvalue weighted by Crippen LogP contribution is 2.19. The molecule has 8 nitrogen and oxygen atoms in total. The van der Waals surface area contributed by atoms with Crippen LogP contribution < -0.4 is 5.32 Å². The third kappa shape index (κ3) is 2.39. The molecule has 1 heterocycles. The molecule has 0 atom stereocenters. The molecular formula is C8H5N5O3S. The van der Waals surface area contributed by atoms with Gasteiger partial charge in [0.05, 0.1) is 4.92 Å². The highest BCUT2D eigenvalue weighted by molar-refractivity contribution is 7.09. The number of nitro groups is 1. The number of hydrogen-bond donors (Lipinski definition) is 1. The average Bonchev–Trinajstić information content (AvgIpc) is 2.81. The Morgan fingerprint density at radius 2 is 2.18 bits per heavy atom. The second-order valence-electron chi connectivity index (χ2n) is 2.90. The van der Waals surface area contributed by atoms with E-state index in [9.17, 15) is 14.9 Å². The van der Waals surface area contributed by atoms with E-state index < -0.39 is 10.8 Å². The van der Waals surface area contributed by atoms with Gasteiger partial charge in [0.15, 0.2) is 0 Å². The SMILES string of the molecule is O=C(Nc1nnns1)c1ccccc1[N+](=O)[O-]. The Balaban J connectivity index is 2.28. The van der Waals surface area contributed by atoms with Gasteiger partial charge in [-0.15, -0.1) is 0 Å². The molecule has 0 radical (unpaired) electrons. The fourth-order valence-corrected chi connectivity index (χ4v) is 1.53. The van der Waals surface area contributed by atoms with Crippen molar-refractivity contribution in [3.05, 3.63) is 39.9 Å². The van der Waals surface area contributed by atoms with Gasteiger partial charge in [-0.2, -0.15) is 0 Å². The average molecular weight is 251 g/mol. The van der Waals surface area contributed by atoms with Crippen LogP contribution in [0.25, 0.3) is 0 Å². The van der Waals surface area contributed by atoms with Gasteiger partial charge in [-0.25, -0.2) is 0 Å². The number of carbonyl (C=O) groups is 1. The fraction of sp³-hybridized carbons (Fsp3) is 0. The Morgan fingerprint density at radius 3 is 2.82 bits per heavy atom. The van der Waals surface area contributed by atoms with Gasteiger partial charge < -0.3 is 0 Å². The second kappa shape index (κ2) is 4.61. The van der Waals surface area contributed by atoms with Gasteiger partial charge in [-0.05, 0) is 11.3 Å². The van der Waals surface area contributed by atoms with Crippen molar-refractivity contribution in [2.24, 2.45) is 0 Å². The minimum atomic E-state index is -0.618. The van der Waals surface area contributed by atoms with Crippen LogP contribution in [0.3, 0.4) is 0 Å². The summed E-state index contributed by atoms with van der Waals surface area (Å²) < 4.78 is 3.46. The molecule has 17 heavy (non-hydrogen) atoms. The van der Waals surface area contributed by atoms with Crippen LogP contribution in [0.1, 0.15) is 10.4 Å². The third-order valence-corrected chi connectivity index (χ3v) is 2.38. The number of rotatable bonds is 3. The van der Waals surface area contributed by atoms with Crippen LogP contribution in [-0.4, -0.2) is 25.6 Å². The van der Waals surface area contributed by atoms with Crippen molar-refractivity contribution in [2.45, 2.75) is 0 Å². The van der Waals surface area contributed by atoms with Gasteiger partial charge >= 0.3 is 0 Å². The molecule has 0 fully saturated rings. The van der Waals surface area contributed by atoms with Crippen LogP contribution in [-0.2, 0) is 0 Å². The number of nitrogens with one attached hydrogen (secondary N) is 1. The lowest BCUT2D eigenvalue weighted by atomic mass is 10.1. The van der Waals surface area contributed by atoms with Crippen molar-refractivity contribution in [1.82, 2.24) is 14.8 Å². The summed E-state index contributed by atoms with van der Waals surface area (Å²) in [5.41, 5.74) is -0.296. The molecule has 0 aliphatic carbocycles. The van der Waals surface area contributed by atoms with Gasteiger partial charge in [0.25, 0.3) is 11.6 Å². The van der Waals surface area contributed by atoms with Crippen molar-refractivity contribution in [3.8, 4) is 0 Å². The Labute approximate surface area is 98.6 Å². The van der Waals surface area contributed by atoms with Gasteiger partial charge in [0.2, 0.25) is 5.13 Å². The number of aromatic nitrogens is 3. The first-order valence-electron chi connectivity index (χ1n) is 4.38. The number of amides is 1. The molecule has 1 aromatic carbocycles. The molecule has 1 N–H and O–H groups in total. The maximum Gasteiger partial charge on any atom is 0.282 e. The maximum absolute atomic E-state index is 11.7. The molecule has 0 aliphatic heterocycles. The van der Waals surface area contributed by atoms with E-state index in [4.69, 9.17) is 0 Å². The van der Waals surface area contributed by atoms with Gasteiger partial charge in [-0.3, -0.25) is 20.2 Å². The predicted molar refractivity (Wildman–Crippen MR) is 58.8 cm³/mol. The van der Waals surface area contributed by atoms with Crippen molar-refractivity contribution in [1.29, 1.82) is 0 Å². The van der Waals surface area contributed by atoms with Crippen LogP contribution in [0.5, 0.6) is 0 Å². The van der Waals surface area contributed by atoms with Crippen LogP contribution in [0.4, 0.5) is 10.8 Å². The number of anilines is 1. The third-order valence-electron chi connectivity index (χ3n) is 1.87. The molecule has 0 spiro atoms. The summed E-state index contributed by atoms with van der Waals surface area (Å²) in [6, 6.07) is 5.65. The van der Waals surface area contributed by atoms with Crippen LogP contribution in [0.2, 0.25) is 0 Å². The van der Waals surface area contributed by atoms with Crippen LogP contribution in [0, 0.1) is 10.1 Å². The minimum absolute atomic E-state index is 0.0345. The minimum Gasteiger partial charge on any atom is -0.295 e. The lowest BCUT2D eigenvalue weighted by Gasteiger charge is -2.01. The maximum atomic E-state index is 11.7. The Morgan fingerprint density at radius 1 is 1.41 bits per heavy atom. The number of nitro benzene ring substituents is 1. The fourth-order valence-electron chi connectivity index (χ4n) is 1.17. The Hall–Kier alpha value is -2.42. The van der Waals surface area contributed by atoms with Crippen molar-refractivity contribution in [2.75, 3.05) is 5.32 Å². The van der Waals surface area contributed by atoms with E-state index in [-0.39, 0.29) is 16.4 Å². The van der Waals surface area contributed by atoms with E-state index in [0.717, 1.165) is 11.5 Å². The molecule has 2 aromatic rings. The number of benzene rings is 1. The molecule has 1 amide bonds. The summed E-state index contributed by atoms with van der Waals surface area (Å²) in [6.45, 7) is 0. The lowest BCUT2D eigenvalue weighted by molar-refractivity contribution is -0.385. The number of carbonyl (C=O) groups excluding carboxylic acids is 1. The normalized spacial score (nSPS) is 9.88. The Kier molecular flexibility index (Phi) is 3.01. The molecule has 0 aliphatic rings. The summed E-state index contributed by atoms with van der Waals surface area (Å²) in [4.78, 5) is 21.8. The highest BCUT2D eigenvalue weighted by Gasteiger charge is 2.19. The first-order chi connectivity index (χ1) is 8.18. The summed E-state index contributed by atoms with van der Waals surface area (Å²) in [5.74, 6) is -0.615. The van der Waals surface area contributed by atoms with Crippen molar-refractivity contribution >= 4 is 28.3 Å². The summed E-state index contributed by atoms with van der Waals surface area (Å²) >= 11 is 0.886. The lowest BCUT2D eigenvalue weighted by Crippen LogP contribution is -2.13. The van der Waals surface area contributed by atoms with E-state index in [1.54, 1.807) is 6.07 Å². The van der Waals surface area contributed by atoms with Crippen molar-refractivity contribution < 1.29 is 9.72 Å². The van der Waals surface area contributed by atoms with Gasteiger partial charge in [0, 0.05) is 17.6 Å². The first-order valence-corrected chi connectivity index (χ1v) is 5.15. The second-order valence-corrected chi connectivity index (χ2v) is 3.63. The zero-order valence-electron chi connectivity index (χ0n) is 8.23. The van der Waals surface area contributed by atoms with E-state index in [1.807, 2.05) is 0 Å². The topological polar surface area (TPSA) is 111 Å². The molecule has 1 aromatic heterocycles. The molecule has 86 valence electrons. The molecule has 0 bridgehead atoms. The number of para-hydroxylation sites is 1. The molecule has 0 saturated carbocycles. The van der Waals surface area contributed by atoms with E-state index in [2.05, 4.69) is 20.1 Å². The quantitative estimate of drug-likeness (QED) is 0.645. The summed E-state index contributed by atoms with van der Waals surface area (Å²) in [7, 11) is 0. The van der Waals surface area contributed by atoms with Crippen molar-refractivity contribution in [3.63, 3.8) is 0 Å². The molecule has 2 rings (SSSR count). The van der Waals surface area contributed by atoms with E-state index in [1.165, 1.54) is 18.2 Å². The van der Waals surface area contributed by atoms with Crippen LogP contribution >= 0.6 is 11.5 Å². The first kappa shape index (κ1) is 11.1. The van der Waals surface area contributed by atoms with Crippen LogP contribution in [0.15, 0.2) is 24.3 Å². The molecular weight excluding hydrogens is 246 g/mol. The summed E-state index contributed by atoms with van der Waals surface area (Å²) in [6.07, 6.45) is 0. The standard InChI is InChI=1S/C8H5N5O3S/c14-7(9-8-10-11-12-17-8)5-3-1-2-4-6(5)13(15)16/h1-4H,(H,9,10,12,14). The van der Waals surface area contributed by atoms with Gasteiger partial charge in [0.1, 0.15) is 5.56 Å². The zero-order chi connectivity index (χ0) is 12.3. The molecule has 9 heteroatoms. The van der Waals surface area contributed by atoms with Gasteiger partial charge in [-0.1, -0.05) is 21.7 Å². The summed E-state index contributed by atoms with van der Waals surface area (Å²) in [5, 5.41) is 20.1. The zero-order valence-corrected chi connectivity index (χ0v) is 9.05. The number of nitrogens with zero attached hydrogens (tertiary/aromatic N) is 4. The molecule has 0 saturated heterocycles. The highest BCUT2D eigenvalue weighted by atomic mass is 32.1. The smallest absolute Gasteiger partial charge is 0.282 e. The largest absolute Gasteiger partial charge is 0.295 e. The number of hydrogen-bond acceptors (Lipinski definition) is 7. The predicted octanol–water partition coefficient (Wildman–Crippen LogP) is 1.09. The molecule has 0 unspecified atom stereocenters.